The molecule has 3 N–H and O–H groups in total. The Morgan fingerprint density at radius 2 is 1.96 bits per heavy atom. The predicted molar refractivity (Wildman–Crippen MR) is 97.4 cm³/mol. The van der Waals surface area contributed by atoms with Gasteiger partial charge in [-0.2, -0.15) is 0 Å². The van der Waals surface area contributed by atoms with Crippen molar-refractivity contribution in [2.75, 3.05) is 32.4 Å². The molecule has 10 heteroatoms. The van der Waals surface area contributed by atoms with Gasteiger partial charge >= 0.3 is 12.0 Å². The molecule has 0 aromatic rings. The van der Waals surface area contributed by atoms with E-state index in [2.05, 4.69) is 10.0 Å². The highest BCUT2D eigenvalue weighted by atomic mass is 32.2. The molecule has 9 nitrogen and oxygen atoms in total. The van der Waals surface area contributed by atoms with Crippen LogP contribution in [0.15, 0.2) is 0 Å². The summed E-state index contributed by atoms with van der Waals surface area (Å²) in [5.41, 5.74) is 0. The number of likely N-dealkylation sites (tertiary alicyclic amines) is 1. The Morgan fingerprint density at radius 3 is 2.54 bits per heavy atom. The number of rotatable bonds is 8. The van der Waals surface area contributed by atoms with Crippen LogP contribution in [0.2, 0.25) is 0 Å². The molecule has 0 aromatic carbocycles. The maximum atomic E-state index is 12.6. The summed E-state index contributed by atoms with van der Waals surface area (Å²) in [5.74, 6) is -0.839. The van der Waals surface area contributed by atoms with Gasteiger partial charge in [-0.1, -0.05) is 6.92 Å². The molecular weight excluding hydrogens is 360 g/mol. The van der Waals surface area contributed by atoms with Crippen molar-refractivity contribution in [2.45, 2.75) is 57.2 Å². The normalized spacial score (nSPS) is 26.4. The third kappa shape index (κ3) is 6.10. The van der Waals surface area contributed by atoms with Crippen LogP contribution in [0.3, 0.4) is 0 Å². The molecule has 1 aliphatic carbocycles. The highest BCUT2D eigenvalue weighted by molar-refractivity contribution is 7.88. The van der Waals surface area contributed by atoms with Crippen LogP contribution in [0, 0.1) is 0 Å². The molecule has 1 atom stereocenters. The second-order valence-electron chi connectivity index (χ2n) is 7.19. The van der Waals surface area contributed by atoms with E-state index in [9.17, 15) is 18.0 Å². The van der Waals surface area contributed by atoms with Crippen molar-refractivity contribution in [3.63, 3.8) is 0 Å². The Bertz CT molecular complexity index is 606. The fraction of sp³-hybridized carbons (Fsp3) is 0.875. The molecule has 1 unspecified atom stereocenters. The average molecular weight is 391 g/mol. The lowest BCUT2D eigenvalue weighted by Crippen LogP contribution is -2.59. The zero-order valence-corrected chi connectivity index (χ0v) is 16.3. The topological polar surface area (TPSA) is 119 Å². The smallest absolute Gasteiger partial charge is 0.317 e. The van der Waals surface area contributed by atoms with Crippen molar-refractivity contribution in [1.29, 1.82) is 0 Å². The number of urea groups is 1. The van der Waals surface area contributed by atoms with E-state index in [1.54, 1.807) is 4.90 Å². The molecule has 26 heavy (non-hydrogen) atoms. The lowest BCUT2D eigenvalue weighted by Gasteiger charge is -2.44. The number of carbonyl (C=O) groups excluding carboxylic acids is 1. The zero-order chi connectivity index (χ0) is 19.3. The fourth-order valence-corrected chi connectivity index (χ4v) is 4.16. The third-order valence-corrected chi connectivity index (χ3v) is 5.86. The summed E-state index contributed by atoms with van der Waals surface area (Å²) in [6, 6.07) is -0.0607. The second-order valence-corrected chi connectivity index (χ2v) is 9.03. The van der Waals surface area contributed by atoms with Crippen molar-refractivity contribution in [1.82, 2.24) is 19.8 Å². The molecule has 0 aromatic heterocycles. The van der Waals surface area contributed by atoms with Crippen LogP contribution < -0.4 is 10.0 Å². The van der Waals surface area contributed by atoms with Crippen LogP contribution >= 0.6 is 0 Å². The molecular formula is C16H30N4O5S. The molecule has 1 heterocycles. The number of carbonyl (C=O) groups is 2. The maximum Gasteiger partial charge on any atom is 0.317 e. The van der Waals surface area contributed by atoms with Gasteiger partial charge in [0.05, 0.1) is 12.8 Å². The standard InChI is InChI=1S/C16H30N4O5S/c1-3-19(11-15(21)22)14-8-12(9-14)18-16(23)20-7-5-4-6-13(20)10-17-26(2,24)25/h12-14,17H,3-11H2,1-2H3,(H,18,23)(H,21,22). The number of nitrogens with one attached hydrogen (secondary N) is 2. The second kappa shape index (κ2) is 9.01. The monoisotopic (exact) mass is 390 g/mol. The Kier molecular flexibility index (Phi) is 7.24. The molecule has 2 aliphatic rings. The van der Waals surface area contributed by atoms with Crippen molar-refractivity contribution < 1.29 is 23.1 Å². The van der Waals surface area contributed by atoms with E-state index in [0.29, 0.717) is 13.1 Å². The minimum Gasteiger partial charge on any atom is -0.480 e. The molecule has 1 aliphatic heterocycles. The molecule has 2 amide bonds. The van der Waals surface area contributed by atoms with Gasteiger partial charge in [-0.05, 0) is 38.6 Å². The van der Waals surface area contributed by atoms with Gasteiger partial charge in [0, 0.05) is 31.2 Å². The lowest BCUT2D eigenvalue weighted by atomic mass is 9.85. The van der Waals surface area contributed by atoms with E-state index < -0.39 is 16.0 Å². The van der Waals surface area contributed by atoms with Crippen LogP contribution in [-0.4, -0.2) is 85.9 Å². The Balaban J connectivity index is 1.82. The van der Waals surface area contributed by atoms with Crippen LogP contribution in [-0.2, 0) is 14.8 Å². The van der Waals surface area contributed by atoms with E-state index in [-0.39, 0.29) is 37.2 Å². The molecule has 2 rings (SSSR count). The van der Waals surface area contributed by atoms with Gasteiger partial charge in [0.2, 0.25) is 10.0 Å². The number of carboxylic acids is 1. The number of hydrogen-bond acceptors (Lipinski definition) is 5. The van der Waals surface area contributed by atoms with E-state index >= 15 is 0 Å². The third-order valence-electron chi connectivity index (χ3n) is 5.17. The average Bonchev–Trinajstić information content (AvgIpc) is 2.53. The summed E-state index contributed by atoms with van der Waals surface area (Å²) in [6.07, 6.45) is 5.28. The quantitative estimate of drug-likeness (QED) is 0.538. The maximum absolute atomic E-state index is 12.6. The van der Waals surface area contributed by atoms with E-state index in [1.165, 1.54) is 0 Å². The van der Waals surface area contributed by atoms with Crippen molar-refractivity contribution in [3.05, 3.63) is 0 Å². The molecule has 2 fully saturated rings. The van der Waals surface area contributed by atoms with Gasteiger partial charge in [-0.3, -0.25) is 9.69 Å². The molecule has 150 valence electrons. The summed E-state index contributed by atoms with van der Waals surface area (Å²) >= 11 is 0. The van der Waals surface area contributed by atoms with E-state index in [0.717, 1.165) is 38.4 Å². The van der Waals surface area contributed by atoms with Crippen molar-refractivity contribution >= 4 is 22.0 Å². The van der Waals surface area contributed by atoms with E-state index in [1.807, 2.05) is 11.8 Å². The zero-order valence-electron chi connectivity index (χ0n) is 15.5. The number of piperidine rings is 1. The molecule has 1 saturated carbocycles. The summed E-state index contributed by atoms with van der Waals surface area (Å²) in [4.78, 5) is 27.1. The summed E-state index contributed by atoms with van der Waals surface area (Å²) < 4.78 is 25.1. The predicted octanol–water partition coefficient (Wildman–Crippen LogP) is 0.0372. The first-order valence-electron chi connectivity index (χ1n) is 9.17. The Hall–Kier alpha value is -1.39. The molecule has 0 radical (unpaired) electrons. The number of carboxylic acid groups (broad SMARTS) is 1. The van der Waals surface area contributed by atoms with Gasteiger partial charge in [-0.15, -0.1) is 0 Å². The van der Waals surface area contributed by atoms with Crippen molar-refractivity contribution in [2.24, 2.45) is 0 Å². The Labute approximate surface area is 155 Å². The molecule has 0 spiro atoms. The minimum absolute atomic E-state index is 0.0210. The first-order chi connectivity index (χ1) is 12.2. The number of aliphatic carboxylic acids is 1. The van der Waals surface area contributed by atoms with Gasteiger partial charge in [0.15, 0.2) is 0 Å². The fourth-order valence-electron chi connectivity index (χ4n) is 3.66. The van der Waals surface area contributed by atoms with Crippen LogP contribution in [0.1, 0.15) is 39.0 Å². The van der Waals surface area contributed by atoms with Crippen molar-refractivity contribution in [3.8, 4) is 0 Å². The molecule has 0 bridgehead atoms. The number of nitrogens with zero attached hydrogens (tertiary/aromatic N) is 2. The summed E-state index contributed by atoms with van der Waals surface area (Å²) in [6.45, 7) is 3.48. The number of likely N-dealkylation sites (N-methyl/N-ethyl adjacent to an activating group) is 1. The van der Waals surface area contributed by atoms with Gasteiger partial charge in [-0.25, -0.2) is 17.9 Å². The SMILES string of the molecule is CCN(CC(=O)O)C1CC(NC(=O)N2CCCCC2CNS(C)(=O)=O)C1. The van der Waals surface area contributed by atoms with Gasteiger partial charge in [0.25, 0.3) is 0 Å². The van der Waals surface area contributed by atoms with Crippen LogP contribution in [0.4, 0.5) is 4.79 Å². The van der Waals surface area contributed by atoms with Crippen LogP contribution in [0.25, 0.3) is 0 Å². The first-order valence-corrected chi connectivity index (χ1v) is 11.1. The van der Waals surface area contributed by atoms with Gasteiger partial charge in [0.1, 0.15) is 0 Å². The summed E-state index contributed by atoms with van der Waals surface area (Å²) in [5, 5.41) is 11.9. The highest BCUT2D eigenvalue weighted by Gasteiger charge is 2.36. The van der Waals surface area contributed by atoms with Crippen LogP contribution in [0.5, 0.6) is 0 Å². The minimum atomic E-state index is -3.28. The molecule has 1 saturated heterocycles. The largest absolute Gasteiger partial charge is 0.480 e. The number of amides is 2. The first kappa shape index (κ1) is 20.9. The van der Waals surface area contributed by atoms with Gasteiger partial charge < -0.3 is 15.3 Å². The summed E-state index contributed by atoms with van der Waals surface area (Å²) in [7, 11) is -3.28. The number of hydrogen-bond donors (Lipinski definition) is 3. The highest BCUT2D eigenvalue weighted by Crippen LogP contribution is 2.26. The number of sulfonamides is 1. The Morgan fingerprint density at radius 1 is 1.27 bits per heavy atom. The lowest BCUT2D eigenvalue weighted by molar-refractivity contribution is -0.139. The van der Waals surface area contributed by atoms with E-state index in [4.69, 9.17) is 5.11 Å².